The van der Waals surface area contributed by atoms with Crippen LogP contribution in [0.2, 0.25) is 0 Å². The standard InChI is InChI=1S/C14H15F3N4O/c1-10-3-5-18-8-12(10)20(2)13(22)7-11-4-6-21(19-11)9-14(15,16)17/h3-6,8H,7,9H2,1-2H3. The van der Waals surface area contributed by atoms with Gasteiger partial charge in [0.05, 0.1) is 24.0 Å². The number of hydrogen-bond donors (Lipinski definition) is 0. The van der Waals surface area contributed by atoms with E-state index in [1.807, 2.05) is 6.92 Å². The maximum absolute atomic E-state index is 12.3. The Kier molecular flexibility index (Phi) is 4.48. The molecule has 0 bridgehead atoms. The molecule has 22 heavy (non-hydrogen) atoms. The van der Waals surface area contributed by atoms with Crippen LogP contribution >= 0.6 is 0 Å². The summed E-state index contributed by atoms with van der Waals surface area (Å²) in [5.74, 6) is -0.270. The van der Waals surface area contributed by atoms with E-state index in [1.165, 1.54) is 17.2 Å². The Balaban J connectivity index is 2.05. The number of likely N-dealkylation sites (N-methyl/N-ethyl adjacent to an activating group) is 1. The van der Waals surface area contributed by atoms with Gasteiger partial charge in [0.1, 0.15) is 6.54 Å². The zero-order valence-electron chi connectivity index (χ0n) is 12.1. The van der Waals surface area contributed by atoms with Crippen LogP contribution in [-0.2, 0) is 17.8 Å². The number of carbonyl (C=O) groups is 1. The van der Waals surface area contributed by atoms with Crippen molar-refractivity contribution in [3.63, 3.8) is 0 Å². The van der Waals surface area contributed by atoms with Crippen LogP contribution in [0.25, 0.3) is 0 Å². The zero-order valence-corrected chi connectivity index (χ0v) is 12.1. The third-order valence-electron chi connectivity index (χ3n) is 3.12. The minimum atomic E-state index is -4.34. The summed E-state index contributed by atoms with van der Waals surface area (Å²) < 4.78 is 37.6. The summed E-state index contributed by atoms with van der Waals surface area (Å²) in [6, 6.07) is 3.19. The van der Waals surface area contributed by atoms with Gasteiger partial charge in [-0.3, -0.25) is 14.5 Å². The van der Waals surface area contributed by atoms with E-state index < -0.39 is 12.7 Å². The molecule has 8 heteroatoms. The van der Waals surface area contributed by atoms with E-state index in [2.05, 4.69) is 10.1 Å². The summed E-state index contributed by atoms with van der Waals surface area (Å²) in [7, 11) is 1.60. The summed E-state index contributed by atoms with van der Waals surface area (Å²) in [5.41, 5.74) is 1.83. The largest absolute Gasteiger partial charge is 0.408 e. The number of hydrogen-bond acceptors (Lipinski definition) is 3. The van der Waals surface area contributed by atoms with Gasteiger partial charge in [-0.2, -0.15) is 18.3 Å². The molecule has 2 heterocycles. The van der Waals surface area contributed by atoms with Gasteiger partial charge in [0.2, 0.25) is 5.91 Å². The molecule has 0 atom stereocenters. The lowest BCUT2D eigenvalue weighted by molar-refractivity contribution is -0.142. The first kappa shape index (κ1) is 16.0. The molecular weight excluding hydrogens is 297 g/mol. The fourth-order valence-corrected chi connectivity index (χ4v) is 1.98. The van der Waals surface area contributed by atoms with Gasteiger partial charge >= 0.3 is 6.18 Å². The second-order valence-corrected chi connectivity index (χ2v) is 4.91. The van der Waals surface area contributed by atoms with Crippen molar-refractivity contribution < 1.29 is 18.0 Å². The van der Waals surface area contributed by atoms with E-state index in [0.29, 0.717) is 11.4 Å². The number of anilines is 1. The van der Waals surface area contributed by atoms with Crippen LogP contribution in [0.3, 0.4) is 0 Å². The molecule has 0 spiro atoms. The van der Waals surface area contributed by atoms with Gasteiger partial charge in [0.25, 0.3) is 0 Å². The molecule has 118 valence electrons. The second-order valence-electron chi connectivity index (χ2n) is 4.91. The summed E-state index contributed by atoms with van der Waals surface area (Å²) in [6.07, 6.45) is -0.0104. The number of pyridine rings is 1. The Morgan fingerprint density at radius 1 is 1.36 bits per heavy atom. The first-order chi connectivity index (χ1) is 10.3. The number of alkyl halides is 3. The predicted molar refractivity (Wildman–Crippen MR) is 74.4 cm³/mol. The number of aryl methyl sites for hydroxylation is 1. The molecule has 0 fully saturated rings. The van der Waals surface area contributed by atoms with Gasteiger partial charge in [-0.05, 0) is 24.6 Å². The van der Waals surface area contributed by atoms with Crippen molar-refractivity contribution in [2.24, 2.45) is 0 Å². The van der Waals surface area contributed by atoms with Gasteiger partial charge in [0, 0.05) is 19.4 Å². The van der Waals surface area contributed by atoms with Crippen molar-refractivity contribution >= 4 is 11.6 Å². The Morgan fingerprint density at radius 2 is 2.09 bits per heavy atom. The Labute approximate surface area is 125 Å². The SMILES string of the molecule is Cc1ccncc1N(C)C(=O)Cc1ccn(CC(F)(F)F)n1. The van der Waals surface area contributed by atoms with E-state index in [4.69, 9.17) is 0 Å². The number of nitrogens with zero attached hydrogens (tertiary/aromatic N) is 4. The van der Waals surface area contributed by atoms with Crippen molar-refractivity contribution in [3.05, 3.63) is 42.0 Å². The molecule has 0 N–H and O–H groups in total. The van der Waals surface area contributed by atoms with E-state index >= 15 is 0 Å². The first-order valence-corrected chi connectivity index (χ1v) is 6.52. The van der Waals surface area contributed by atoms with Crippen LogP contribution in [0, 0.1) is 6.92 Å². The lowest BCUT2D eigenvalue weighted by atomic mass is 10.2. The van der Waals surface area contributed by atoms with Gasteiger partial charge in [-0.1, -0.05) is 0 Å². The van der Waals surface area contributed by atoms with Crippen molar-refractivity contribution in [1.29, 1.82) is 0 Å². The maximum atomic E-state index is 12.3. The normalized spacial score (nSPS) is 11.5. The third-order valence-corrected chi connectivity index (χ3v) is 3.12. The molecular formula is C14H15F3N4O. The van der Waals surface area contributed by atoms with Gasteiger partial charge < -0.3 is 4.90 Å². The van der Waals surface area contributed by atoms with Gasteiger partial charge in [0.15, 0.2) is 0 Å². The minimum Gasteiger partial charge on any atom is -0.313 e. The highest BCUT2D eigenvalue weighted by Crippen LogP contribution is 2.18. The van der Waals surface area contributed by atoms with E-state index in [0.717, 1.165) is 10.2 Å². The number of amides is 1. The lowest BCUT2D eigenvalue weighted by Crippen LogP contribution is -2.28. The Hall–Kier alpha value is -2.38. The van der Waals surface area contributed by atoms with Crippen molar-refractivity contribution in [2.45, 2.75) is 26.1 Å². The molecule has 2 aromatic heterocycles. The highest BCUT2D eigenvalue weighted by molar-refractivity contribution is 5.94. The van der Waals surface area contributed by atoms with Gasteiger partial charge in [-0.25, -0.2) is 0 Å². The lowest BCUT2D eigenvalue weighted by Gasteiger charge is -2.18. The first-order valence-electron chi connectivity index (χ1n) is 6.52. The number of aromatic nitrogens is 3. The topological polar surface area (TPSA) is 51.0 Å². The summed E-state index contributed by atoms with van der Waals surface area (Å²) in [4.78, 5) is 17.6. The average Bonchev–Trinajstić information content (AvgIpc) is 2.83. The van der Waals surface area contributed by atoms with Crippen molar-refractivity contribution in [3.8, 4) is 0 Å². The van der Waals surface area contributed by atoms with Crippen molar-refractivity contribution in [2.75, 3.05) is 11.9 Å². The molecule has 0 saturated heterocycles. The summed E-state index contributed by atoms with van der Waals surface area (Å²) in [5, 5.41) is 3.77. The maximum Gasteiger partial charge on any atom is 0.408 e. The molecule has 5 nitrogen and oxygen atoms in total. The smallest absolute Gasteiger partial charge is 0.313 e. The van der Waals surface area contributed by atoms with E-state index in [-0.39, 0.29) is 12.3 Å². The highest BCUT2D eigenvalue weighted by Gasteiger charge is 2.28. The second kappa shape index (κ2) is 6.17. The molecule has 0 aliphatic heterocycles. The molecule has 2 aromatic rings. The molecule has 0 saturated carbocycles. The fourth-order valence-electron chi connectivity index (χ4n) is 1.98. The summed E-state index contributed by atoms with van der Waals surface area (Å²) >= 11 is 0. The summed E-state index contributed by atoms with van der Waals surface area (Å²) in [6.45, 7) is 0.678. The average molecular weight is 312 g/mol. The Bertz CT molecular complexity index is 666. The molecule has 0 radical (unpaired) electrons. The zero-order chi connectivity index (χ0) is 16.3. The quantitative estimate of drug-likeness (QED) is 0.871. The van der Waals surface area contributed by atoms with Crippen LogP contribution in [0.5, 0.6) is 0 Å². The third kappa shape index (κ3) is 4.06. The Morgan fingerprint density at radius 3 is 2.73 bits per heavy atom. The number of rotatable bonds is 4. The predicted octanol–water partition coefficient (Wildman–Crippen LogP) is 2.35. The molecule has 2 rings (SSSR count). The van der Waals surface area contributed by atoms with E-state index in [1.54, 1.807) is 25.5 Å². The molecule has 0 aliphatic rings. The molecule has 1 amide bonds. The molecule has 0 aliphatic carbocycles. The monoisotopic (exact) mass is 312 g/mol. The highest BCUT2D eigenvalue weighted by atomic mass is 19.4. The fraction of sp³-hybridized carbons (Fsp3) is 0.357. The molecule has 0 aromatic carbocycles. The van der Waals surface area contributed by atoms with Crippen LogP contribution in [0.4, 0.5) is 18.9 Å². The van der Waals surface area contributed by atoms with Crippen LogP contribution in [0.1, 0.15) is 11.3 Å². The number of carbonyl (C=O) groups excluding carboxylic acids is 1. The van der Waals surface area contributed by atoms with Crippen molar-refractivity contribution in [1.82, 2.24) is 14.8 Å². The number of halogens is 3. The minimum absolute atomic E-state index is 0.0737. The van der Waals surface area contributed by atoms with E-state index in [9.17, 15) is 18.0 Å². The van der Waals surface area contributed by atoms with Crippen LogP contribution in [-0.4, -0.2) is 33.9 Å². The molecule has 0 unspecified atom stereocenters. The van der Waals surface area contributed by atoms with Crippen LogP contribution in [0.15, 0.2) is 30.7 Å². The van der Waals surface area contributed by atoms with Crippen LogP contribution < -0.4 is 4.90 Å². The van der Waals surface area contributed by atoms with Gasteiger partial charge in [-0.15, -0.1) is 0 Å².